The van der Waals surface area contributed by atoms with Crippen molar-refractivity contribution in [2.75, 3.05) is 6.61 Å². The molecule has 0 aliphatic carbocycles. The smallest absolute Gasteiger partial charge is 0.191 e. The van der Waals surface area contributed by atoms with Crippen LogP contribution in [0.1, 0.15) is 47.0 Å². The van der Waals surface area contributed by atoms with Crippen molar-refractivity contribution in [1.29, 1.82) is 0 Å². The van der Waals surface area contributed by atoms with Gasteiger partial charge in [0.25, 0.3) is 0 Å². The van der Waals surface area contributed by atoms with Gasteiger partial charge in [0.15, 0.2) is 8.32 Å². The van der Waals surface area contributed by atoms with Crippen LogP contribution < -0.4 is 0 Å². The minimum atomic E-state index is -1.67. The summed E-state index contributed by atoms with van der Waals surface area (Å²) >= 11 is 0. The number of ether oxygens (including phenoxy) is 1. The van der Waals surface area contributed by atoms with E-state index in [2.05, 4.69) is 40.8 Å². The molecular weight excluding hydrogens is 244 g/mol. The lowest BCUT2D eigenvalue weighted by Gasteiger charge is -2.37. The van der Waals surface area contributed by atoms with Crippen molar-refractivity contribution in [3.8, 4) is 0 Å². The molecule has 1 N–H and O–H groups in total. The highest BCUT2D eigenvalue weighted by atomic mass is 28.4. The number of aliphatic hydroxyl groups excluding tert-OH is 1. The van der Waals surface area contributed by atoms with E-state index in [1.807, 2.05) is 0 Å². The van der Waals surface area contributed by atoms with Gasteiger partial charge in [-0.2, -0.15) is 0 Å². The topological polar surface area (TPSA) is 38.7 Å². The Labute approximate surface area is 113 Å². The first-order valence-electron chi connectivity index (χ1n) is 7.11. The molecule has 1 saturated heterocycles. The van der Waals surface area contributed by atoms with E-state index < -0.39 is 8.32 Å². The molecule has 108 valence electrons. The van der Waals surface area contributed by atoms with Crippen LogP contribution in [0.4, 0.5) is 0 Å². The van der Waals surface area contributed by atoms with E-state index in [0.29, 0.717) is 6.61 Å². The third kappa shape index (κ3) is 4.33. The van der Waals surface area contributed by atoms with E-state index in [1.165, 1.54) is 0 Å². The van der Waals surface area contributed by atoms with E-state index in [1.54, 1.807) is 0 Å². The van der Waals surface area contributed by atoms with Crippen molar-refractivity contribution in [2.24, 2.45) is 0 Å². The molecule has 3 nitrogen and oxygen atoms in total. The molecule has 0 bridgehead atoms. The largest absolute Gasteiger partial charge is 0.417 e. The first kappa shape index (κ1) is 16.2. The summed E-state index contributed by atoms with van der Waals surface area (Å²) in [6.45, 7) is 14.0. The van der Waals surface area contributed by atoms with E-state index in [9.17, 15) is 5.11 Å². The van der Waals surface area contributed by atoms with Gasteiger partial charge < -0.3 is 14.3 Å². The second kappa shape index (κ2) is 6.03. The second-order valence-electron chi connectivity index (χ2n) is 7.03. The van der Waals surface area contributed by atoms with Gasteiger partial charge in [-0.3, -0.25) is 0 Å². The van der Waals surface area contributed by atoms with Gasteiger partial charge in [0.1, 0.15) is 0 Å². The summed E-state index contributed by atoms with van der Waals surface area (Å²) in [5, 5.41) is 10.1. The summed E-state index contributed by atoms with van der Waals surface area (Å²) in [6.07, 6.45) is 2.53. The van der Waals surface area contributed by atoms with Gasteiger partial charge in [0.05, 0.1) is 18.3 Å². The molecule has 0 aromatic carbocycles. The maximum absolute atomic E-state index is 9.91. The molecule has 18 heavy (non-hydrogen) atoms. The Hall–Kier alpha value is 0.0969. The van der Waals surface area contributed by atoms with Crippen LogP contribution in [-0.2, 0) is 9.16 Å². The van der Waals surface area contributed by atoms with Crippen molar-refractivity contribution in [3.05, 3.63) is 0 Å². The van der Waals surface area contributed by atoms with Crippen LogP contribution in [0.2, 0.25) is 18.1 Å². The minimum Gasteiger partial charge on any atom is -0.417 e. The Bertz CT molecular complexity index is 260. The van der Waals surface area contributed by atoms with Gasteiger partial charge >= 0.3 is 0 Å². The van der Waals surface area contributed by atoms with Crippen molar-refractivity contribution >= 4 is 8.32 Å². The lowest BCUT2D eigenvalue weighted by atomic mass is 10.00. The lowest BCUT2D eigenvalue weighted by Crippen LogP contribution is -2.43. The van der Waals surface area contributed by atoms with Gasteiger partial charge in [-0.15, -0.1) is 0 Å². The monoisotopic (exact) mass is 274 g/mol. The third-order valence-corrected chi connectivity index (χ3v) is 8.91. The SMILES string of the molecule is C[C@@H]1CC[C@H](O)[C@H](CCO[Si](C)(C)C(C)(C)C)O1. The summed E-state index contributed by atoms with van der Waals surface area (Å²) in [6, 6.07) is 0. The van der Waals surface area contributed by atoms with Gasteiger partial charge in [-0.1, -0.05) is 20.8 Å². The lowest BCUT2D eigenvalue weighted by molar-refractivity contribution is -0.116. The van der Waals surface area contributed by atoms with Crippen LogP contribution in [0.15, 0.2) is 0 Å². The summed E-state index contributed by atoms with van der Waals surface area (Å²) in [5.41, 5.74) is 0. The summed E-state index contributed by atoms with van der Waals surface area (Å²) < 4.78 is 11.9. The summed E-state index contributed by atoms with van der Waals surface area (Å²) in [5.74, 6) is 0. The predicted molar refractivity (Wildman–Crippen MR) is 77.3 cm³/mol. The molecule has 1 fully saturated rings. The molecule has 0 unspecified atom stereocenters. The normalized spacial score (nSPS) is 30.5. The molecule has 0 radical (unpaired) electrons. The zero-order chi connectivity index (χ0) is 14.0. The average molecular weight is 274 g/mol. The molecule has 0 spiro atoms. The molecule has 1 aliphatic heterocycles. The zero-order valence-corrected chi connectivity index (χ0v) is 13.8. The fraction of sp³-hybridized carbons (Fsp3) is 1.00. The maximum atomic E-state index is 9.91. The maximum Gasteiger partial charge on any atom is 0.191 e. The molecule has 1 rings (SSSR count). The van der Waals surface area contributed by atoms with Gasteiger partial charge in [0, 0.05) is 6.61 Å². The van der Waals surface area contributed by atoms with Crippen LogP contribution in [0.5, 0.6) is 0 Å². The highest BCUT2D eigenvalue weighted by Crippen LogP contribution is 2.36. The first-order valence-corrected chi connectivity index (χ1v) is 10.0. The molecule has 4 heteroatoms. The molecule has 0 aromatic rings. The zero-order valence-electron chi connectivity index (χ0n) is 12.8. The highest BCUT2D eigenvalue weighted by Gasteiger charge is 2.37. The highest BCUT2D eigenvalue weighted by molar-refractivity contribution is 6.74. The molecule has 1 heterocycles. The van der Waals surface area contributed by atoms with Gasteiger partial charge in [-0.25, -0.2) is 0 Å². The Kier molecular flexibility index (Phi) is 5.41. The first-order chi connectivity index (χ1) is 8.13. The molecule has 0 aromatic heterocycles. The third-order valence-electron chi connectivity index (χ3n) is 4.38. The van der Waals surface area contributed by atoms with Crippen LogP contribution in [-0.4, -0.2) is 38.3 Å². The van der Waals surface area contributed by atoms with Gasteiger partial charge in [-0.05, 0) is 44.3 Å². The van der Waals surface area contributed by atoms with Gasteiger partial charge in [0.2, 0.25) is 0 Å². The van der Waals surface area contributed by atoms with Crippen molar-refractivity contribution in [3.63, 3.8) is 0 Å². The fourth-order valence-electron chi connectivity index (χ4n) is 1.96. The Morgan fingerprint density at radius 3 is 2.44 bits per heavy atom. The summed E-state index contributed by atoms with van der Waals surface area (Å²) in [7, 11) is -1.67. The molecule has 1 aliphatic rings. The number of hydrogen-bond acceptors (Lipinski definition) is 3. The number of rotatable bonds is 4. The fourth-order valence-corrected chi connectivity index (χ4v) is 3.02. The van der Waals surface area contributed by atoms with E-state index >= 15 is 0 Å². The van der Waals surface area contributed by atoms with E-state index in [4.69, 9.17) is 9.16 Å². The number of aliphatic hydroxyl groups is 1. The van der Waals surface area contributed by atoms with Crippen LogP contribution in [0.25, 0.3) is 0 Å². The van der Waals surface area contributed by atoms with Crippen molar-refractivity contribution < 1.29 is 14.3 Å². The molecule has 0 saturated carbocycles. The average Bonchev–Trinajstić information content (AvgIpc) is 2.21. The van der Waals surface area contributed by atoms with Crippen LogP contribution >= 0.6 is 0 Å². The quantitative estimate of drug-likeness (QED) is 0.799. The van der Waals surface area contributed by atoms with Crippen LogP contribution in [0.3, 0.4) is 0 Å². The second-order valence-corrected chi connectivity index (χ2v) is 11.8. The molecule has 3 atom stereocenters. The Balaban J connectivity index is 2.37. The molecule has 0 amide bonds. The summed E-state index contributed by atoms with van der Waals surface area (Å²) in [4.78, 5) is 0. The standard InChI is InChI=1S/C14H30O3Si/c1-11-7-8-12(15)13(17-11)9-10-16-18(5,6)14(2,3)4/h11-13,15H,7-10H2,1-6H3/t11-,12+,13+/m1/s1. The van der Waals surface area contributed by atoms with E-state index in [-0.39, 0.29) is 23.4 Å². The van der Waals surface area contributed by atoms with Crippen LogP contribution in [0, 0.1) is 0 Å². The molecular formula is C14H30O3Si. The van der Waals surface area contributed by atoms with Crippen molar-refractivity contribution in [2.45, 2.75) is 83.4 Å². The Morgan fingerprint density at radius 2 is 1.89 bits per heavy atom. The predicted octanol–water partition coefficient (Wildman–Crippen LogP) is 3.33. The minimum absolute atomic E-state index is 0.0430. The Morgan fingerprint density at radius 1 is 1.28 bits per heavy atom. The van der Waals surface area contributed by atoms with E-state index in [0.717, 1.165) is 19.3 Å². The van der Waals surface area contributed by atoms with Crippen molar-refractivity contribution in [1.82, 2.24) is 0 Å². The number of hydrogen-bond donors (Lipinski definition) is 1.